The van der Waals surface area contributed by atoms with E-state index < -0.39 is 5.41 Å². The first-order valence-corrected chi connectivity index (χ1v) is 12.2. The third-order valence-electron chi connectivity index (χ3n) is 4.60. The van der Waals surface area contributed by atoms with E-state index in [0.29, 0.717) is 28.6 Å². The number of allylic oxidation sites excluding steroid dienone is 1. The van der Waals surface area contributed by atoms with Gasteiger partial charge in [0.1, 0.15) is 0 Å². The highest BCUT2D eigenvalue weighted by Crippen LogP contribution is 2.30. The lowest BCUT2D eigenvalue weighted by Crippen LogP contribution is -2.35. The summed E-state index contributed by atoms with van der Waals surface area (Å²) in [5.74, 6) is 0.220. The fourth-order valence-electron chi connectivity index (χ4n) is 2.71. The number of aliphatic hydroxyl groups excluding tert-OH is 1. The Labute approximate surface area is 211 Å². The van der Waals surface area contributed by atoms with Crippen molar-refractivity contribution < 1.29 is 19.5 Å². The largest absolute Gasteiger partial charge is 0.394 e. The van der Waals surface area contributed by atoms with Crippen LogP contribution in [-0.4, -0.2) is 52.7 Å². The maximum atomic E-state index is 12.6. The minimum absolute atomic E-state index is 0.000417. The van der Waals surface area contributed by atoms with E-state index in [9.17, 15) is 14.4 Å². The normalized spacial score (nSPS) is 16.6. The highest BCUT2D eigenvalue weighted by atomic mass is 32.2. The number of nitrogens with zero attached hydrogens (tertiary/aromatic N) is 2. The molecule has 190 valence electrons. The summed E-state index contributed by atoms with van der Waals surface area (Å²) < 4.78 is 0. The van der Waals surface area contributed by atoms with Gasteiger partial charge in [-0.25, -0.2) is 0 Å². The molecule has 1 aliphatic heterocycles. The minimum atomic E-state index is -0.477. The summed E-state index contributed by atoms with van der Waals surface area (Å²) in [5.41, 5.74) is 1.61. The number of thioether (sulfide) groups is 1. The van der Waals surface area contributed by atoms with Gasteiger partial charge in [-0.15, -0.1) is 11.8 Å². The standard InChI is InChI=1S/C20H24N4O2S.C5H11NO2/c1-5-24-17(9-10-21)27-13-14(18(24)25)12-22-15-7-6-8-16(11-15)23-19(26)20(2,3)4;1-4(3-7)6-5(2)8/h6-9,11-12,22H,5,13H2,1-4H3,(H,23,26);4,7H,3H2,1-2H3,(H,6,8)/b14-12?,17-9+;. The zero-order valence-corrected chi connectivity index (χ0v) is 22.0. The van der Waals surface area contributed by atoms with Crippen molar-refractivity contribution in [2.75, 3.05) is 29.5 Å². The molecule has 10 heteroatoms. The van der Waals surface area contributed by atoms with Crippen LogP contribution >= 0.6 is 11.8 Å². The number of likely N-dealkylation sites (N-methyl/N-ethyl adjacent to an activating group) is 1. The Kier molecular flexibility index (Phi) is 12.1. The molecule has 0 aromatic heterocycles. The van der Waals surface area contributed by atoms with Crippen molar-refractivity contribution in [3.8, 4) is 6.07 Å². The van der Waals surface area contributed by atoms with Crippen LogP contribution in [0.2, 0.25) is 0 Å². The third-order valence-corrected chi connectivity index (χ3v) is 5.69. The summed E-state index contributed by atoms with van der Waals surface area (Å²) in [6.45, 7) is 11.1. The predicted octanol–water partition coefficient (Wildman–Crippen LogP) is 3.43. The van der Waals surface area contributed by atoms with E-state index >= 15 is 0 Å². The summed E-state index contributed by atoms with van der Waals surface area (Å²) >= 11 is 1.46. The van der Waals surface area contributed by atoms with Crippen LogP contribution in [0.4, 0.5) is 11.4 Å². The Morgan fingerprint density at radius 2 is 1.97 bits per heavy atom. The van der Waals surface area contributed by atoms with E-state index in [0.717, 1.165) is 5.69 Å². The molecule has 1 aliphatic rings. The van der Waals surface area contributed by atoms with Crippen LogP contribution in [0.5, 0.6) is 0 Å². The second-order valence-corrected chi connectivity index (χ2v) is 9.83. The van der Waals surface area contributed by atoms with Crippen molar-refractivity contribution in [3.05, 3.63) is 47.1 Å². The van der Waals surface area contributed by atoms with Gasteiger partial charge in [0.15, 0.2) is 0 Å². The molecule has 1 unspecified atom stereocenters. The summed E-state index contributed by atoms with van der Waals surface area (Å²) in [4.78, 5) is 36.5. The number of nitrogens with one attached hydrogen (secondary N) is 3. The van der Waals surface area contributed by atoms with Crippen LogP contribution in [0.3, 0.4) is 0 Å². The van der Waals surface area contributed by atoms with Crippen LogP contribution in [-0.2, 0) is 14.4 Å². The molecule has 2 rings (SSSR count). The zero-order chi connectivity index (χ0) is 26.6. The van der Waals surface area contributed by atoms with Crippen LogP contribution in [0.1, 0.15) is 41.5 Å². The molecule has 0 radical (unpaired) electrons. The van der Waals surface area contributed by atoms with E-state index in [1.807, 2.05) is 58.0 Å². The average Bonchev–Trinajstić information content (AvgIpc) is 2.78. The van der Waals surface area contributed by atoms with Crippen LogP contribution < -0.4 is 16.0 Å². The zero-order valence-electron chi connectivity index (χ0n) is 21.1. The summed E-state index contributed by atoms with van der Waals surface area (Å²) in [6, 6.07) is 9.20. The van der Waals surface area contributed by atoms with Gasteiger partial charge in [0, 0.05) is 59.9 Å². The smallest absolute Gasteiger partial charge is 0.256 e. The van der Waals surface area contributed by atoms with E-state index in [4.69, 9.17) is 10.4 Å². The summed E-state index contributed by atoms with van der Waals surface area (Å²) in [5, 5.41) is 26.4. The molecule has 1 aromatic carbocycles. The van der Waals surface area contributed by atoms with Gasteiger partial charge in [-0.05, 0) is 32.0 Å². The van der Waals surface area contributed by atoms with Gasteiger partial charge in [0.05, 0.1) is 17.7 Å². The molecule has 1 atom stereocenters. The number of carbonyl (C=O) groups is 3. The average molecular weight is 502 g/mol. The fourth-order valence-corrected chi connectivity index (χ4v) is 3.72. The van der Waals surface area contributed by atoms with Crippen molar-refractivity contribution in [1.82, 2.24) is 10.2 Å². The number of aliphatic hydroxyl groups is 1. The fraction of sp³-hybridized carbons (Fsp3) is 0.440. The topological polar surface area (TPSA) is 135 Å². The maximum Gasteiger partial charge on any atom is 0.256 e. The van der Waals surface area contributed by atoms with Crippen molar-refractivity contribution in [3.63, 3.8) is 0 Å². The summed E-state index contributed by atoms with van der Waals surface area (Å²) in [6.07, 6.45) is 3.09. The molecular weight excluding hydrogens is 466 g/mol. The van der Waals surface area contributed by atoms with E-state index in [-0.39, 0.29) is 30.4 Å². The Hall–Kier alpha value is -3.29. The molecule has 0 saturated carbocycles. The predicted molar refractivity (Wildman–Crippen MR) is 140 cm³/mol. The third kappa shape index (κ3) is 10.2. The number of benzene rings is 1. The molecule has 1 fully saturated rings. The molecule has 4 N–H and O–H groups in total. The van der Waals surface area contributed by atoms with Crippen molar-refractivity contribution in [2.24, 2.45) is 5.41 Å². The number of rotatable bonds is 6. The van der Waals surface area contributed by atoms with Gasteiger partial charge in [-0.2, -0.15) is 5.26 Å². The molecule has 1 saturated heterocycles. The molecule has 0 bridgehead atoms. The van der Waals surface area contributed by atoms with E-state index in [1.54, 1.807) is 18.0 Å². The molecule has 1 aromatic rings. The molecule has 3 amide bonds. The summed E-state index contributed by atoms with van der Waals surface area (Å²) in [7, 11) is 0. The van der Waals surface area contributed by atoms with Gasteiger partial charge in [0.25, 0.3) is 5.91 Å². The Morgan fingerprint density at radius 3 is 2.49 bits per heavy atom. The number of carbonyl (C=O) groups excluding carboxylic acids is 3. The van der Waals surface area contributed by atoms with Crippen LogP contribution in [0.15, 0.2) is 47.1 Å². The minimum Gasteiger partial charge on any atom is -0.394 e. The van der Waals surface area contributed by atoms with Gasteiger partial charge in [0.2, 0.25) is 11.8 Å². The Morgan fingerprint density at radius 1 is 1.31 bits per heavy atom. The van der Waals surface area contributed by atoms with Crippen molar-refractivity contribution in [2.45, 2.75) is 47.6 Å². The monoisotopic (exact) mass is 501 g/mol. The number of nitriles is 1. The molecule has 0 spiro atoms. The van der Waals surface area contributed by atoms with Gasteiger partial charge < -0.3 is 26.0 Å². The van der Waals surface area contributed by atoms with Gasteiger partial charge in [-0.1, -0.05) is 26.8 Å². The lowest BCUT2D eigenvalue weighted by molar-refractivity contribution is -0.125. The first-order chi connectivity index (χ1) is 16.4. The first-order valence-electron chi connectivity index (χ1n) is 11.2. The SMILES string of the molecule is CC(=O)NC(C)CO.CCN1C(=O)C(=CNc2cccc(NC(=O)C(C)(C)C)c2)CS/C1=C/C#N. The Bertz CT molecular complexity index is 1010. The number of amides is 3. The highest BCUT2D eigenvalue weighted by Gasteiger charge is 2.26. The number of hydrogen-bond donors (Lipinski definition) is 4. The second kappa shape index (κ2) is 14.2. The molecule has 1 heterocycles. The molecule has 0 aliphatic carbocycles. The van der Waals surface area contributed by atoms with Crippen LogP contribution in [0, 0.1) is 16.7 Å². The van der Waals surface area contributed by atoms with Crippen molar-refractivity contribution in [1.29, 1.82) is 5.26 Å². The number of hydrogen-bond acceptors (Lipinski definition) is 7. The number of anilines is 2. The Balaban J connectivity index is 0.000000658. The lowest BCUT2D eigenvalue weighted by atomic mass is 9.95. The molecule has 9 nitrogen and oxygen atoms in total. The molecule has 35 heavy (non-hydrogen) atoms. The van der Waals surface area contributed by atoms with E-state index in [1.165, 1.54) is 24.8 Å². The van der Waals surface area contributed by atoms with Gasteiger partial charge in [-0.3, -0.25) is 14.4 Å². The van der Waals surface area contributed by atoms with Gasteiger partial charge >= 0.3 is 0 Å². The first kappa shape index (κ1) is 29.7. The maximum absolute atomic E-state index is 12.6. The second-order valence-electron chi connectivity index (χ2n) is 8.83. The van der Waals surface area contributed by atoms with E-state index in [2.05, 4.69) is 16.0 Å². The van der Waals surface area contributed by atoms with Crippen molar-refractivity contribution >= 4 is 40.9 Å². The lowest BCUT2D eigenvalue weighted by Gasteiger charge is -2.28. The highest BCUT2D eigenvalue weighted by molar-refractivity contribution is 8.03. The quantitative estimate of drug-likeness (QED) is 0.346. The van der Waals surface area contributed by atoms with Crippen LogP contribution in [0.25, 0.3) is 0 Å². The molecular formula is C25H35N5O4S.